The first-order chi connectivity index (χ1) is 18.3. The second-order valence-corrected chi connectivity index (χ2v) is 8.83. The fourth-order valence-electron chi connectivity index (χ4n) is 4.35. The van der Waals surface area contributed by atoms with Crippen LogP contribution in [0.3, 0.4) is 0 Å². The first-order valence-corrected chi connectivity index (χ1v) is 12.4. The van der Waals surface area contributed by atoms with Crippen molar-refractivity contribution in [2.75, 3.05) is 26.4 Å². The standard InChI is InChI=1S/C28H32N2O8/c1-4-14-37-27(32)24-18(2)29-19(3)25(26(24)21-6-5-7-22(17-21)30(34)35)28(33)38-15-12-20-8-10-23(11-9-20)36-16-13-31/h5-11,17,24,26,31H,4,12-16H2,1-3H3. The Morgan fingerprint density at radius 3 is 2.45 bits per heavy atom. The van der Waals surface area contributed by atoms with Crippen LogP contribution in [-0.2, 0) is 25.5 Å². The van der Waals surface area contributed by atoms with Crippen LogP contribution in [0.4, 0.5) is 5.69 Å². The Kier molecular flexibility index (Phi) is 10.1. The highest BCUT2D eigenvalue weighted by molar-refractivity contribution is 6.07. The van der Waals surface area contributed by atoms with Crippen molar-refractivity contribution in [2.45, 2.75) is 39.5 Å². The molecule has 0 spiro atoms. The second-order valence-electron chi connectivity index (χ2n) is 8.83. The van der Waals surface area contributed by atoms with Gasteiger partial charge in [0.25, 0.3) is 5.69 Å². The zero-order valence-corrected chi connectivity index (χ0v) is 21.7. The molecule has 1 heterocycles. The van der Waals surface area contributed by atoms with E-state index in [1.54, 1.807) is 32.0 Å². The van der Waals surface area contributed by atoms with E-state index < -0.39 is 28.7 Å². The quantitative estimate of drug-likeness (QED) is 0.248. The first-order valence-electron chi connectivity index (χ1n) is 12.4. The average Bonchev–Trinajstić information content (AvgIpc) is 2.90. The van der Waals surface area contributed by atoms with Crippen LogP contribution in [0.1, 0.15) is 44.2 Å². The van der Waals surface area contributed by atoms with Gasteiger partial charge in [-0.2, -0.15) is 0 Å². The summed E-state index contributed by atoms with van der Waals surface area (Å²) in [5, 5.41) is 20.3. The monoisotopic (exact) mass is 524 g/mol. The number of nitro benzene ring substituents is 1. The maximum atomic E-state index is 13.4. The third-order valence-corrected chi connectivity index (χ3v) is 6.10. The van der Waals surface area contributed by atoms with Gasteiger partial charge in [-0.1, -0.05) is 31.2 Å². The SMILES string of the molecule is CCCOC(=O)C1C(C)=NC(C)=C(C(=O)OCCc2ccc(OCCO)cc2)C1c1cccc([N+](=O)[O-])c1. The number of esters is 2. The lowest BCUT2D eigenvalue weighted by molar-refractivity contribution is -0.384. The van der Waals surface area contributed by atoms with Crippen LogP contribution < -0.4 is 4.74 Å². The fraction of sp³-hybridized carbons (Fsp3) is 0.393. The largest absolute Gasteiger partial charge is 0.491 e. The lowest BCUT2D eigenvalue weighted by Crippen LogP contribution is -2.36. The minimum atomic E-state index is -0.929. The van der Waals surface area contributed by atoms with E-state index in [4.69, 9.17) is 19.3 Å². The van der Waals surface area contributed by atoms with E-state index in [1.165, 1.54) is 18.2 Å². The Balaban J connectivity index is 1.86. The van der Waals surface area contributed by atoms with Gasteiger partial charge in [0.05, 0.1) is 30.3 Å². The number of aliphatic hydroxyl groups is 1. The molecule has 1 aliphatic heterocycles. The summed E-state index contributed by atoms with van der Waals surface area (Å²) in [6, 6.07) is 13.1. The second kappa shape index (κ2) is 13.5. The summed E-state index contributed by atoms with van der Waals surface area (Å²) in [4.78, 5) is 41.9. The minimum absolute atomic E-state index is 0.0712. The Labute approximate surface area is 221 Å². The van der Waals surface area contributed by atoms with Crippen molar-refractivity contribution in [1.82, 2.24) is 0 Å². The molecule has 0 amide bonds. The predicted molar refractivity (Wildman–Crippen MR) is 140 cm³/mol. The number of benzene rings is 2. The molecule has 2 unspecified atom stereocenters. The Morgan fingerprint density at radius 1 is 1.05 bits per heavy atom. The van der Waals surface area contributed by atoms with Crippen LogP contribution >= 0.6 is 0 Å². The van der Waals surface area contributed by atoms with Gasteiger partial charge in [0.1, 0.15) is 18.3 Å². The molecule has 2 atom stereocenters. The number of hydrogen-bond donors (Lipinski definition) is 1. The molecule has 1 aliphatic rings. The van der Waals surface area contributed by atoms with Gasteiger partial charge in [-0.05, 0) is 43.5 Å². The van der Waals surface area contributed by atoms with Crippen LogP contribution in [0.2, 0.25) is 0 Å². The number of rotatable bonds is 12. The number of carbonyl (C=O) groups is 2. The van der Waals surface area contributed by atoms with E-state index in [-0.39, 0.29) is 37.7 Å². The van der Waals surface area contributed by atoms with Crippen LogP contribution in [0.5, 0.6) is 5.75 Å². The van der Waals surface area contributed by atoms with Crippen LogP contribution in [0.25, 0.3) is 0 Å². The predicted octanol–water partition coefficient (Wildman–Crippen LogP) is 4.15. The first kappa shape index (κ1) is 28.5. The highest BCUT2D eigenvalue weighted by Gasteiger charge is 2.42. The third-order valence-electron chi connectivity index (χ3n) is 6.10. The van der Waals surface area contributed by atoms with E-state index in [0.29, 0.717) is 35.6 Å². The molecule has 0 aliphatic carbocycles. The molecule has 38 heavy (non-hydrogen) atoms. The van der Waals surface area contributed by atoms with Crippen molar-refractivity contribution in [1.29, 1.82) is 0 Å². The van der Waals surface area contributed by atoms with E-state index >= 15 is 0 Å². The molecular formula is C28H32N2O8. The molecular weight excluding hydrogens is 492 g/mol. The molecule has 10 heteroatoms. The van der Waals surface area contributed by atoms with Crippen molar-refractivity contribution in [2.24, 2.45) is 10.9 Å². The molecule has 202 valence electrons. The zero-order valence-electron chi connectivity index (χ0n) is 21.7. The molecule has 0 radical (unpaired) electrons. The molecule has 0 bridgehead atoms. The van der Waals surface area contributed by atoms with Gasteiger partial charge in [0, 0.05) is 35.9 Å². The van der Waals surface area contributed by atoms with Crippen molar-refractivity contribution >= 4 is 23.3 Å². The molecule has 2 aromatic carbocycles. The highest BCUT2D eigenvalue weighted by atomic mass is 16.6. The summed E-state index contributed by atoms with van der Waals surface area (Å²) in [5.74, 6) is -2.36. The zero-order chi connectivity index (χ0) is 27.7. The van der Waals surface area contributed by atoms with Gasteiger partial charge in [0.15, 0.2) is 0 Å². The molecule has 0 fully saturated rings. The highest BCUT2D eigenvalue weighted by Crippen LogP contribution is 2.41. The maximum Gasteiger partial charge on any atom is 0.336 e. The lowest BCUT2D eigenvalue weighted by atomic mass is 9.75. The smallest absolute Gasteiger partial charge is 0.336 e. The summed E-state index contributed by atoms with van der Waals surface area (Å²) in [6.07, 6.45) is 1.05. The molecule has 1 N–H and O–H groups in total. The molecule has 0 saturated carbocycles. The fourth-order valence-corrected chi connectivity index (χ4v) is 4.35. The molecule has 0 saturated heterocycles. The number of nitro groups is 1. The van der Waals surface area contributed by atoms with Crippen molar-refractivity contribution in [3.63, 3.8) is 0 Å². The van der Waals surface area contributed by atoms with Crippen LogP contribution in [0, 0.1) is 16.0 Å². The summed E-state index contributed by atoms with van der Waals surface area (Å²) in [7, 11) is 0. The number of allylic oxidation sites excluding steroid dienone is 1. The lowest BCUT2D eigenvalue weighted by Gasteiger charge is -2.31. The number of hydrogen-bond acceptors (Lipinski definition) is 9. The number of carbonyl (C=O) groups excluding carboxylic acids is 2. The van der Waals surface area contributed by atoms with Gasteiger partial charge >= 0.3 is 11.9 Å². The van der Waals surface area contributed by atoms with Crippen molar-refractivity contribution < 1.29 is 33.8 Å². The number of aliphatic hydroxyl groups excluding tert-OH is 1. The molecule has 3 rings (SSSR count). The van der Waals surface area contributed by atoms with Gasteiger partial charge in [-0.3, -0.25) is 19.9 Å². The van der Waals surface area contributed by atoms with Crippen molar-refractivity contribution in [3.05, 3.63) is 81.0 Å². The minimum Gasteiger partial charge on any atom is -0.491 e. The summed E-state index contributed by atoms with van der Waals surface area (Å²) in [6.45, 7) is 5.61. The van der Waals surface area contributed by atoms with Gasteiger partial charge < -0.3 is 19.3 Å². The van der Waals surface area contributed by atoms with Gasteiger partial charge in [-0.25, -0.2) is 4.79 Å². The topological polar surface area (TPSA) is 138 Å². The Hall–Kier alpha value is -4.05. The third kappa shape index (κ3) is 7.04. The molecule has 0 aromatic heterocycles. The molecule has 2 aromatic rings. The average molecular weight is 525 g/mol. The normalized spacial score (nSPS) is 17.0. The van der Waals surface area contributed by atoms with E-state index in [0.717, 1.165) is 5.56 Å². The Bertz CT molecular complexity index is 1220. The van der Waals surface area contributed by atoms with E-state index in [2.05, 4.69) is 4.99 Å². The van der Waals surface area contributed by atoms with Gasteiger partial charge in [0.2, 0.25) is 0 Å². The van der Waals surface area contributed by atoms with E-state index in [1.807, 2.05) is 19.1 Å². The number of aliphatic imine (C=N–C) groups is 1. The Morgan fingerprint density at radius 2 is 1.79 bits per heavy atom. The van der Waals surface area contributed by atoms with Crippen LogP contribution in [-0.4, -0.2) is 54.1 Å². The van der Waals surface area contributed by atoms with Crippen LogP contribution in [0.15, 0.2) is 64.8 Å². The number of nitrogens with zero attached hydrogens (tertiary/aromatic N) is 2. The van der Waals surface area contributed by atoms with Crippen molar-refractivity contribution in [3.8, 4) is 5.75 Å². The number of non-ortho nitro benzene ring substituents is 1. The number of ether oxygens (including phenoxy) is 3. The maximum absolute atomic E-state index is 13.4. The van der Waals surface area contributed by atoms with Gasteiger partial charge in [-0.15, -0.1) is 0 Å². The summed E-state index contributed by atoms with van der Waals surface area (Å²) in [5.41, 5.74) is 2.20. The molecule has 10 nitrogen and oxygen atoms in total. The summed E-state index contributed by atoms with van der Waals surface area (Å²) < 4.78 is 16.4. The summed E-state index contributed by atoms with van der Waals surface area (Å²) >= 11 is 0. The van der Waals surface area contributed by atoms with E-state index in [9.17, 15) is 19.7 Å².